The first-order chi connectivity index (χ1) is 14.7. The van der Waals surface area contributed by atoms with Crippen molar-refractivity contribution < 1.29 is 14.3 Å². The third-order valence-corrected chi connectivity index (χ3v) is 6.85. The number of fused-ring (bicyclic) bond motifs is 1. The van der Waals surface area contributed by atoms with Crippen molar-refractivity contribution in [2.45, 2.75) is 25.0 Å². The molecular formula is C24H21NO3S2. The van der Waals surface area contributed by atoms with E-state index in [9.17, 15) is 4.79 Å². The van der Waals surface area contributed by atoms with E-state index in [0.717, 1.165) is 41.9 Å². The van der Waals surface area contributed by atoms with Gasteiger partial charge in [0.15, 0.2) is 0 Å². The van der Waals surface area contributed by atoms with Gasteiger partial charge in [0.25, 0.3) is 5.91 Å². The highest BCUT2D eigenvalue weighted by Crippen LogP contribution is 2.41. The van der Waals surface area contributed by atoms with E-state index in [4.69, 9.17) is 21.7 Å². The standard InChI is InChI=1S/C24H21NO3S2/c26-23-21(30-24(29)25(23)15-19-10-6-12-27-19)14-18-13-17-9-4-5-11-20(17)28-22(18)16-7-2-1-3-8-16/h1-5,7-9,11,13-14,19,22H,6,10,12,15H2/b21-14-. The third-order valence-electron chi connectivity index (χ3n) is 5.47. The normalized spacial score (nSPS) is 24.7. The summed E-state index contributed by atoms with van der Waals surface area (Å²) < 4.78 is 12.6. The van der Waals surface area contributed by atoms with Crippen molar-refractivity contribution in [2.24, 2.45) is 0 Å². The van der Waals surface area contributed by atoms with Gasteiger partial charge < -0.3 is 9.47 Å². The predicted octanol–water partition coefficient (Wildman–Crippen LogP) is 5.13. The van der Waals surface area contributed by atoms with Crippen LogP contribution in [0.1, 0.15) is 30.1 Å². The van der Waals surface area contributed by atoms with Gasteiger partial charge in [0, 0.05) is 12.2 Å². The zero-order valence-corrected chi connectivity index (χ0v) is 18.0. The van der Waals surface area contributed by atoms with E-state index in [1.54, 1.807) is 4.90 Å². The summed E-state index contributed by atoms with van der Waals surface area (Å²) in [6, 6.07) is 18.0. The molecule has 0 bridgehead atoms. The molecule has 2 aromatic rings. The van der Waals surface area contributed by atoms with Crippen molar-refractivity contribution in [3.63, 3.8) is 0 Å². The molecule has 3 heterocycles. The van der Waals surface area contributed by atoms with E-state index in [0.29, 0.717) is 15.8 Å². The molecule has 0 aliphatic carbocycles. The summed E-state index contributed by atoms with van der Waals surface area (Å²) in [5.41, 5.74) is 2.99. The zero-order chi connectivity index (χ0) is 20.5. The lowest BCUT2D eigenvalue weighted by Gasteiger charge is -2.26. The smallest absolute Gasteiger partial charge is 0.266 e. The lowest BCUT2D eigenvalue weighted by Crippen LogP contribution is -2.35. The minimum absolute atomic E-state index is 0.0490. The molecule has 152 valence electrons. The van der Waals surface area contributed by atoms with Crippen LogP contribution in [-0.4, -0.2) is 34.4 Å². The number of hydrogen-bond donors (Lipinski definition) is 0. The molecule has 2 aromatic carbocycles. The van der Waals surface area contributed by atoms with Crippen LogP contribution in [0.4, 0.5) is 0 Å². The molecular weight excluding hydrogens is 414 g/mol. The van der Waals surface area contributed by atoms with Gasteiger partial charge in [-0.25, -0.2) is 0 Å². The van der Waals surface area contributed by atoms with Crippen LogP contribution in [0.3, 0.4) is 0 Å². The van der Waals surface area contributed by atoms with Crippen molar-refractivity contribution in [3.05, 3.63) is 82.3 Å². The van der Waals surface area contributed by atoms with E-state index in [2.05, 4.69) is 6.08 Å². The first-order valence-corrected chi connectivity index (χ1v) is 11.3. The number of amides is 1. The molecule has 2 atom stereocenters. The molecule has 4 nitrogen and oxygen atoms in total. The molecule has 0 radical (unpaired) electrons. The largest absolute Gasteiger partial charge is 0.480 e. The lowest BCUT2D eigenvalue weighted by molar-refractivity contribution is -0.123. The molecule has 1 amide bonds. The van der Waals surface area contributed by atoms with Crippen molar-refractivity contribution >= 4 is 40.3 Å². The second-order valence-corrected chi connectivity index (χ2v) is 9.19. The molecule has 2 unspecified atom stereocenters. The molecule has 0 aromatic heterocycles. The van der Waals surface area contributed by atoms with E-state index in [1.807, 2.05) is 60.7 Å². The van der Waals surface area contributed by atoms with E-state index in [-0.39, 0.29) is 18.1 Å². The summed E-state index contributed by atoms with van der Waals surface area (Å²) in [4.78, 5) is 15.4. The molecule has 0 spiro atoms. The van der Waals surface area contributed by atoms with Crippen LogP contribution in [0.5, 0.6) is 5.75 Å². The average molecular weight is 436 g/mol. The Bertz CT molecular complexity index is 1040. The van der Waals surface area contributed by atoms with Gasteiger partial charge in [0.1, 0.15) is 16.2 Å². The van der Waals surface area contributed by atoms with Crippen LogP contribution in [-0.2, 0) is 9.53 Å². The van der Waals surface area contributed by atoms with Gasteiger partial charge in [-0.15, -0.1) is 0 Å². The summed E-state index contributed by atoms with van der Waals surface area (Å²) in [6.07, 6.45) is 5.85. The Morgan fingerprint density at radius 3 is 2.73 bits per heavy atom. The molecule has 2 fully saturated rings. The minimum atomic E-state index is -0.275. The van der Waals surface area contributed by atoms with Crippen LogP contribution in [0, 0.1) is 0 Å². The van der Waals surface area contributed by atoms with Gasteiger partial charge in [0.05, 0.1) is 17.6 Å². The molecule has 30 heavy (non-hydrogen) atoms. The molecule has 5 rings (SSSR count). The Morgan fingerprint density at radius 2 is 1.93 bits per heavy atom. The highest BCUT2D eigenvalue weighted by atomic mass is 32.2. The number of nitrogens with zero attached hydrogens (tertiary/aromatic N) is 1. The number of ether oxygens (including phenoxy) is 2. The minimum Gasteiger partial charge on any atom is -0.480 e. The highest BCUT2D eigenvalue weighted by molar-refractivity contribution is 8.26. The number of thiocarbonyl (C=S) groups is 1. The van der Waals surface area contributed by atoms with Crippen molar-refractivity contribution in [3.8, 4) is 5.75 Å². The fourth-order valence-electron chi connectivity index (χ4n) is 3.96. The topological polar surface area (TPSA) is 38.8 Å². The van der Waals surface area contributed by atoms with Gasteiger partial charge in [-0.05, 0) is 42.2 Å². The van der Waals surface area contributed by atoms with Gasteiger partial charge in [-0.3, -0.25) is 9.69 Å². The Hall–Kier alpha value is -2.41. The van der Waals surface area contributed by atoms with E-state index in [1.165, 1.54) is 11.8 Å². The fourth-order valence-corrected chi connectivity index (χ4v) is 5.24. The predicted molar refractivity (Wildman–Crippen MR) is 123 cm³/mol. The molecule has 2 saturated heterocycles. The van der Waals surface area contributed by atoms with Crippen molar-refractivity contribution in [1.29, 1.82) is 0 Å². The summed E-state index contributed by atoms with van der Waals surface area (Å²) in [7, 11) is 0. The maximum atomic E-state index is 13.1. The maximum Gasteiger partial charge on any atom is 0.266 e. The van der Waals surface area contributed by atoms with Crippen LogP contribution in [0.2, 0.25) is 0 Å². The molecule has 3 aliphatic rings. The summed E-state index contributed by atoms with van der Waals surface area (Å²) in [6.45, 7) is 1.29. The van der Waals surface area contributed by atoms with E-state index >= 15 is 0 Å². The summed E-state index contributed by atoms with van der Waals surface area (Å²) in [5.74, 6) is 0.793. The SMILES string of the molecule is O=C1/C(=C/C2=Cc3ccccc3OC2c2ccccc2)SC(=S)N1CC1CCCO1. The Balaban J connectivity index is 1.47. The number of hydrogen-bond acceptors (Lipinski definition) is 5. The van der Waals surface area contributed by atoms with Crippen LogP contribution in [0.25, 0.3) is 6.08 Å². The number of para-hydroxylation sites is 1. The quantitative estimate of drug-likeness (QED) is 0.492. The van der Waals surface area contributed by atoms with Crippen LogP contribution < -0.4 is 4.74 Å². The van der Waals surface area contributed by atoms with E-state index < -0.39 is 0 Å². The van der Waals surface area contributed by atoms with Crippen LogP contribution >= 0.6 is 24.0 Å². The number of carbonyl (C=O) groups is 1. The molecule has 0 N–H and O–H groups in total. The zero-order valence-electron chi connectivity index (χ0n) is 16.3. The van der Waals surface area contributed by atoms with Gasteiger partial charge in [-0.1, -0.05) is 72.5 Å². The first-order valence-electron chi connectivity index (χ1n) is 10.1. The van der Waals surface area contributed by atoms with Crippen LogP contribution in [0.15, 0.2) is 71.2 Å². The number of benzene rings is 2. The number of thioether (sulfide) groups is 1. The Labute approximate surface area is 185 Å². The van der Waals surface area contributed by atoms with Gasteiger partial charge >= 0.3 is 0 Å². The molecule has 6 heteroatoms. The van der Waals surface area contributed by atoms with Crippen molar-refractivity contribution in [1.82, 2.24) is 4.90 Å². The second-order valence-electron chi connectivity index (χ2n) is 7.52. The molecule has 3 aliphatic heterocycles. The maximum absolute atomic E-state index is 13.1. The first kappa shape index (κ1) is 19.5. The molecule has 0 saturated carbocycles. The summed E-state index contributed by atoms with van der Waals surface area (Å²) in [5, 5.41) is 0. The fraction of sp³-hybridized carbons (Fsp3) is 0.250. The Morgan fingerprint density at radius 1 is 1.13 bits per heavy atom. The van der Waals surface area contributed by atoms with Gasteiger partial charge in [-0.2, -0.15) is 0 Å². The number of carbonyl (C=O) groups excluding carboxylic acids is 1. The Kier molecular flexibility index (Phi) is 5.46. The monoisotopic (exact) mass is 435 g/mol. The average Bonchev–Trinajstić information content (AvgIpc) is 3.38. The third kappa shape index (κ3) is 3.83. The highest BCUT2D eigenvalue weighted by Gasteiger charge is 2.35. The number of rotatable bonds is 4. The summed E-state index contributed by atoms with van der Waals surface area (Å²) >= 11 is 6.86. The lowest BCUT2D eigenvalue weighted by atomic mass is 9.95. The second kappa shape index (κ2) is 8.38. The van der Waals surface area contributed by atoms with Crippen molar-refractivity contribution in [2.75, 3.05) is 13.2 Å². The van der Waals surface area contributed by atoms with Gasteiger partial charge in [0.2, 0.25) is 0 Å².